The highest BCUT2D eigenvalue weighted by Crippen LogP contribution is 2.46. The number of halogens is 2. The highest BCUT2D eigenvalue weighted by molar-refractivity contribution is 5.97. The van der Waals surface area contributed by atoms with Crippen LogP contribution in [0.3, 0.4) is 0 Å². The van der Waals surface area contributed by atoms with Gasteiger partial charge in [-0.2, -0.15) is 0 Å². The van der Waals surface area contributed by atoms with Gasteiger partial charge in [-0.15, -0.1) is 0 Å². The summed E-state index contributed by atoms with van der Waals surface area (Å²) in [6, 6.07) is 5.65. The van der Waals surface area contributed by atoms with Crippen LogP contribution >= 0.6 is 0 Å². The van der Waals surface area contributed by atoms with Gasteiger partial charge in [-0.1, -0.05) is 6.07 Å². The number of anilines is 1. The van der Waals surface area contributed by atoms with Crippen molar-refractivity contribution < 1.29 is 28.5 Å². The smallest absolute Gasteiger partial charge is 0.265 e. The number of aryl methyl sites for hydroxylation is 1. The second-order valence-corrected chi connectivity index (χ2v) is 9.94. The Morgan fingerprint density at radius 1 is 1.14 bits per heavy atom. The molecule has 1 aliphatic heterocycles. The number of pyridine rings is 1. The summed E-state index contributed by atoms with van der Waals surface area (Å²) < 4.78 is 36.4. The number of carbonyl (C=O) groups excluding carboxylic acids is 1. The van der Waals surface area contributed by atoms with Crippen molar-refractivity contribution in [1.82, 2.24) is 19.4 Å². The van der Waals surface area contributed by atoms with Crippen molar-refractivity contribution in [3.63, 3.8) is 0 Å². The van der Waals surface area contributed by atoms with Crippen LogP contribution in [-0.2, 0) is 16.9 Å². The largest absolute Gasteiger partial charge is 0.478 e. The van der Waals surface area contributed by atoms with E-state index < -0.39 is 22.8 Å². The van der Waals surface area contributed by atoms with Crippen LogP contribution in [0.15, 0.2) is 42.9 Å². The minimum atomic E-state index is -1.32. The quantitative estimate of drug-likeness (QED) is 0.437. The van der Waals surface area contributed by atoms with Gasteiger partial charge in [0.1, 0.15) is 17.1 Å². The Hall–Kier alpha value is -3.96. The number of rotatable bonds is 4. The van der Waals surface area contributed by atoms with E-state index in [9.17, 15) is 19.4 Å². The minimum Gasteiger partial charge on any atom is -0.478 e. The highest BCUT2D eigenvalue weighted by Gasteiger charge is 2.53. The summed E-state index contributed by atoms with van der Waals surface area (Å²) in [6.07, 6.45) is 4.63. The zero-order chi connectivity index (χ0) is 26.1. The van der Waals surface area contributed by atoms with Crippen molar-refractivity contribution in [3.8, 4) is 16.9 Å². The van der Waals surface area contributed by atoms with Crippen molar-refractivity contribution in [2.45, 2.75) is 44.4 Å². The summed E-state index contributed by atoms with van der Waals surface area (Å²) in [5, 5.41) is 20.6. The molecule has 0 bridgehead atoms. The number of ether oxygens (including phenoxy) is 1. The average Bonchev–Trinajstić information content (AvgIpc) is 3.13. The third-order valence-corrected chi connectivity index (χ3v) is 6.92. The summed E-state index contributed by atoms with van der Waals surface area (Å²) in [5.74, 6) is -1.27. The van der Waals surface area contributed by atoms with Gasteiger partial charge in [0.2, 0.25) is 0 Å². The number of imidazole rings is 1. The molecule has 0 saturated heterocycles. The monoisotopic (exact) mass is 507 g/mol. The molecule has 2 N–H and O–H groups in total. The molecule has 190 valence electrons. The molecule has 0 unspecified atom stereocenters. The lowest BCUT2D eigenvalue weighted by Gasteiger charge is -2.46. The number of aliphatic hydroxyl groups is 2. The maximum absolute atomic E-state index is 15.1. The lowest BCUT2D eigenvalue weighted by molar-refractivity contribution is -0.180. The zero-order valence-electron chi connectivity index (χ0n) is 20.1. The van der Waals surface area contributed by atoms with Gasteiger partial charge >= 0.3 is 0 Å². The average molecular weight is 507 g/mol. The predicted octanol–water partition coefficient (Wildman–Crippen LogP) is 3.04. The topological polar surface area (TPSA) is 113 Å². The number of aromatic nitrogens is 4. The van der Waals surface area contributed by atoms with Crippen molar-refractivity contribution >= 4 is 17.2 Å². The standard InChI is InChI=1S/C26H23F2N5O4/c1-14-20(10-33-19-5-3-4-17(27)23(19)37-11-22(33)34)32-9-16(18(28)6-21(32)31-14)15-7-29-24(30-8-15)26(36)12-25(2,35)13-26/h3-9,35-36H,10-13H2,1-2H3. The van der Waals surface area contributed by atoms with E-state index in [0.29, 0.717) is 28.3 Å². The molecule has 4 heterocycles. The molecule has 9 nitrogen and oxygen atoms in total. The van der Waals surface area contributed by atoms with Crippen LogP contribution in [-0.4, -0.2) is 47.7 Å². The van der Waals surface area contributed by atoms with Gasteiger partial charge in [0.25, 0.3) is 5.91 Å². The number of benzene rings is 1. The summed E-state index contributed by atoms with van der Waals surface area (Å²) in [5.41, 5.74) is 0.138. The van der Waals surface area contributed by atoms with Crippen LogP contribution in [0.5, 0.6) is 5.75 Å². The van der Waals surface area contributed by atoms with E-state index in [4.69, 9.17) is 4.74 Å². The van der Waals surface area contributed by atoms with Crippen LogP contribution in [0.25, 0.3) is 16.8 Å². The Labute approximate surface area is 210 Å². The molecule has 1 amide bonds. The maximum Gasteiger partial charge on any atom is 0.265 e. The van der Waals surface area contributed by atoms with Gasteiger partial charge in [-0.05, 0) is 26.0 Å². The van der Waals surface area contributed by atoms with Gasteiger partial charge < -0.3 is 19.4 Å². The minimum absolute atomic E-state index is 0.00664. The molecule has 11 heteroatoms. The van der Waals surface area contributed by atoms with Crippen molar-refractivity contribution in [2.75, 3.05) is 11.5 Å². The van der Waals surface area contributed by atoms with Gasteiger partial charge in [0.15, 0.2) is 24.0 Å². The molecule has 1 saturated carbocycles. The fourth-order valence-electron chi connectivity index (χ4n) is 5.23. The third kappa shape index (κ3) is 3.82. The molecule has 1 fully saturated rings. The van der Waals surface area contributed by atoms with Gasteiger partial charge in [0, 0.05) is 48.6 Å². The normalized spacial score (nSPS) is 23.1. The summed E-state index contributed by atoms with van der Waals surface area (Å²) in [4.78, 5) is 27.0. The Kier molecular flexibility index (Phi) is 5.08. The SMILES string of the molecule is Cc1nc2cc(F)c(-c3cnc(C4(O)CC(C)(O)C4)nc3)cn2c1CN1C(=O)COc2c(F)cccc21. The van der Waals surface area contributed by atoms with E-state index >= 15 is 4.39 Å². The molecule has 2 aliphatic rings. The number of hydrogen-bond acceptors (Lipinski definition) is 7. The second kappa shape index (κ2) is 8.02. The Morgan fingerprint density at radius 2 is 1.86 bits per heavy atom. The number of para-hydroxylation sites is 1. The molecule has 4 aromatic rings. The number of carbonyl (C=O) groups is 1. The van der Waals surface area contributed by atoms with Crippen LogP contribution < -0.4 is 9.64 Å². The first-order valence-corrected chi connectivity index (χ1v) is 11.7. The van der Waals surface area contributed by atoms with E-state index in [1.165, 1.54) is 35.5 Å². The van der Waals surface area contributed by atoms with Crippen LogP contribution in [0, 0.1) is 18.6 Å². The molecule has 0 radical (unpaired) electrons. The van der Waals surface area contributed by atoms with Crippen LogP contribution in [0.2, 0.25) is 0 Å². The third-order valence-electron chi connectivity index (χ3n) is 6.92. The van der Waals surface area contributed by atoms with Gasteiger partial charge in [-0.3, -0.25) is 9.69 Å². The van der Waals surface area contributed by atoms with E-state index in [1.807, 2.05) is 0 Å². The summed E-state index contributed by atoms with van der Waals surface area (Å²) in [6.45, 7) is 3.16. The first-order valence-electron chi connectivity index (χ1n) is 11.7. The second-order valence-electron chi connectivity index (χ2n) is 9.94. The number of fused-ring (bicyclic) bond motifs is 2. The molecule has 1 aromatic carbocycles. The number of hydrogen-bond donors (Lipinski definition) is 2. The van der Waals surface area contributed by atoms with Crippen molar-refractivity contribution in [1.29, 1.82) is 0 Å². The van der Waals surface area contributed by atoms with E-state index in [-0.39, 0.29) is 49.0 Å². The maximum atomic E-state index is 15.1. The highest BCUT2D eigenvalue weighted by atomic mass is 19.1. The predicted molar refractivity (Wildman–Crippen MR) is 128 cm³/mol. The first-order chi connectivity index (χ1) is 17.5. The molecule has 3 aromatic heterocycles. The lowest BCUT2D eigenvalue weighted by atomic mass is 9.68. The first kappa shape index (κ1) is 23.4. The van der Waals surface area contributed by atoms with E-state index in [0.717, 1.165) is 0 Å². The van der Waals surface area contributed by atoms with Gasteiger partial charge in [-0.25, -0.2) is 23.7 Å². The Bertz CT molecular complexity index is 1560. The fraction of sp³-hybridized carbons (Fsp3) is 0.308. The van der Waals surface area contributed by atoms with E-state index in [2.05, 4.69) is 15.0 Å². The van der Waals surface area contributed by atoms with Crippen molar-refractivity contribution in [2.24, 2.45) is 0 Å². The van der Waals surface area contributed by atoms with Gasteiger partial charge in [0.05, 0.1) is 29.2 Å². The number of nitrogens with zero attached hydrogens (tertiary/aromatic N) is 5. The fourth-order valence-corrected chi connectivity index (χ4v) is 5.23. The van der Waals surface area contributed by atoms with E-state index in [1.54, 1.807) is 30.5 Å². The Morgan fingerprint density at radius 3 is 2.57 bits per heavy atom. The van der Waals surface area contributed by atoms with Crippen LogP contribution in [0.1, 0.15) is 37.0 Å². The number of amides is 1. The molecule has 37 heavy (non-hydrogen) atoms. The van der Waals surface area contributed by atoms with Crippen LogP contribution in [0.4, 0.5) is 14.5 Å². The molecule has 0 spiro atoms. The Balaban J connectivity index is 1.37. The zero-order valence-corrected chi connectivity index (χ0v) is 20.1. The molecule has 0 atom stereocenters. The molecular weight excluding hydrogens is 484 g/mol. The summed E-state index contributed by atoms with van der Waals surface area (Å²) >= 11 is 0. The molecular formula is C26H23F2N5O4. The summed E-state index contributed by atoms with van der Waals surface area (Å²) in [7, 11) is 0. The van der Waals surface area contributed by atoms with Crippen molar-refractivity contribution in [3.05, 3.63) is 71.7 Å². The molecule has 1 aliphatic carbocycles. The molecule has 6 rings (SSSR count). The lowest BCUT2D eigenvalue weighted by Crippen LogP contribution is -2.53.